The van der Waals surface area contributed by atoms with Crippen LogP contribution in [0.4, 0.5) is 0 Å². The lowest BCUT2D eigenvalue weighted by Gasteiger charge is -2.34. The summed E-state index contributed by atoms with van der Waals surface area (Å²) in [6.45, 7) is 6.46. The molecule has 0 aromatic rings. The lowest BCUT2D eigenvalue weighted by Crippen LogP contribution is -2.47. The van der Waals surface area contributed by atoms with Crippen LogP contribution in [0.1, 0.15) is 32.6 Å². The van der Waals surface area contributed by atoms with Gasteiger partial charge < -0.3 is 15.0 Å². The first-order valence-corrected chi connectivity index (χ1v) is 6.85. The number of ether oxygens (including phenoxy) is 1. The van der Waals surface area contributed by atoms with E-state index in [4.69, 9.17) is 4.74 Å². The van der Waals surface area contributed by atoms with Crippen molar-refractivity contribution in [3.63, 3.8) is 0 Å². The zero-order chi connectivity index (χ0) is 12.1. The van der Waals surface area contributed by atoms with E-state index in [0.717, 1.165) is 26.1 Å². The normalized spacial score (nSPS) is 30.3. The number of hydrogen-bond acceptors (Lipinski definition) is 3. The summed E-state index contributed by atoms with van der Waals surface area (Å²) < 4.78 is 5.35. The molecule has 0 spiro atoms. The molecule has 0 saturated carbocycles. The second kappa shape index (κ2) is 6.36. The highest BCUT2D eigenvalue weighted by Gasteiger charge is 2.24. The van der Waals surface area contributed by atoms with Gasteiger partial charge in [-0.05, 0) is 45.2 Å². The highest BCUT2D eigenvalue weighted by atomic mass is 16.5. The Kier molecular flexibility index (Phi) is 4.80. The van der Waals surface area contributed by atoms with E-state index in [0.29, 0.717) is 31.5 Å². The third-order valence-corrected chi connectivity index (χ3v) is 3.85. The largest absolute Gasteiger partial charge is 0.377 e. The topological polar surface area (TPSA) is 41.6 Å². The summed E-state index contributed by atoms with van der Waals surface area (Å²) in [5.74, 6) is 1.01. The van der Waals surface area contributed by atoms with Gasteiger partial charge in [0, 0.05) is 13.0 Å². The second-order valence-corrected chi connectivity index (χ2v) is 5.26. The van der Waals surface area contributed by atoms with Crippen molar-refractivity contribution in [2.24, 2.45) is 5.92 Å². The van der Waals surface area contributed by atoms with Gasteiger partial charge in [-0.2, -0.15) is 0 Å². The van der Waals surface area contributed by atoms with E-state index < -0.39 is 0 Å². The van der Waals surface area contributed by atoms with E-state index in [1.54, 1.807) is 0 Å². The van der Waals surface area contributed by atoms with E-state index in [1.807, 2.05) is 4.90 Å². The molecular weight excluding hydrogens is 216 g/mol. The average Bonchev–Trinajstić information content (AvgIpc) is 2.38. The Bertz CT molecular complexity index is 252. The standard InChI is InChI=1S/C13H24N2O2/c1-11-10-17-8-7-15(11)13(16)5-4-12-3-2-6-14-9-12/h11-12,14H,2-10H2,1H3/t11-,12?/m1/s1. The molecule has 0 bridgehead atoms. The average molecular weight is 240 g/mol. The number of piperidine rings is 1. The van der Waals surface area contributed by atoms with Crippen LogP contribution in [0, 0.1) is 5.92 Å². The summed E-state index contributed by atoms with van der Waals surface area (Å²) in [4.78, 5) is 14.1. The van der Waals surface area contributed by atoms with E-state index in [1.165, 1.54) is 12.8 Å². The van der Waals surface area contributed by atoms with Crippen molar-refractivity contribution < 1.29 is 9.53 Å². The Balaban J connectivity index is 1.72. The molecule has 17 heavy (non-hydrogen) atoms. The number of hydrogen-bond donors (Lipinski definition) is 1. The van der Waals surface area contributed by atoms with Crippen LogP contribution in [0.2, 0.25) is 0 Å². The minimum absolute atomic E-state index is 0.251. The second-order valence-electron chi connectivity index (χ2n) is 5.26. The summed E-state index contributed by atoms with van der Waals surface area (Å²) in [6, 6.07) is 0.251. The Morgan fingerprint density at radius 2 is 2.41 bits per heavy atom. The first kappa shape index (κ1) is 12.8. The first-order valence-electron chi connectivity index (χ1n) is 6.85. The Morgan fingerprint density at radius 3 is 3.12 bits per heavy atom. The first-order chi connectivity index (χ1) is 8.27. The van der Waals surface area contributed by atoms with Crippen molar-refractivity contribution in [1.82, 2.24) is 10.2 Å². The van der Waals surface area contributed by atoms with Gasteiger partial charge in [0.25, 0.3) is 0 Å². The number of morpholine rings is 1. The summed E-state index contributed by atoms with van der Waals surface area (Å²) in [7, 11) is 0. The maximum Gasteiger partial charge on any atom is 0.222 e. The van der Waals surface area contributed by atoms with E-state index in [9.17, 15) is 4.79 Å². The quantitative estimate of drug-likeness (QED) is 0.800. The molecule has 2 aliphatic rings. The monoisotopic (exact) mass is 240 g/mol. The number of rotatable bonds is 3. The molecule has 0 aromatic carbocycles. The molecule has 0 aliphatic carbocycles. The smallest absolute Gasteiger partial charge is 0.222 e. The zero-order valence-corrected chi connectivity index (χ0v) is 10.8. The van der Waals surface area contributed by atoms with Crippen LogP contribution in [0.5, 0.6) is 0 Å². The van der Waals surface area contributed by atoms with Crippen molar-refractivity contribution in [2.75, 3.05) is 32.8 Å². The molecule has 2 rings (SSSR count). The fraction of sp³-hybridized carbons (Fsp3) is 0.923. The molecule has 2 aliphatic heterocycles. The molecule has 4 heteroatoms. The van der Waals surface area contributed by atoms with Crippen molar-refractivity contribution in [3.8, 4) is 0 Å². The van der Waals surface area contributed by atoms with Crippen LogP contribution >= 0.6 is 0 Å². The maximum atomic E-state index is 12.1. The molecule has 2 atom stereocenters. The fourth-order valence-electron chi connectivity index (χ4n) is 2.74. The fourth-order valence-corrected chi connectivity index (χ4v) is 2.74. The number of carbonyl (C=O) groups is 1. The molecule has 1 unspecified atom stereocenters. The molecule has 4 nitrogen and oxygen atoms in total. The number of carbonyl (C=O) groups excluding carboxylic acids is 1. The van der Waals surface area contributed by atoms with Gasteiger partial charge in [-0.15, -0.1) is 0 Å². The molecule has 0 radical (unpaired) electrons. The van der Waals surface area contributed by atoms with Crippen LogP contribution in [-0.4, -0.2) is 49.7 Å². The van der Waals surface area contributed by atoms with Crippen LogP contribution in [0.25, 0.3) is 0 Å². The van der Waals surface area contributed by atoms with Crippen LogP contribution in [-0.2, 0) is 9.53 Å². The molecular formula is C13H24N2O2. The highest BCUT2D eigenvalue weighted by molar-refractivity contribution is 5.76. The SMILES string of the molecule is C[C@@H]1COCCN1C(=O)CCC1CCCNC1. The van der Waals surface area contributed by atoms with Gasteiger partial charge in [0.2, 0.25) is 5.91 Å². The van der Waals surface area contributed by atoms with Crippen molar-refractivity contribution in [3.05, 3.63) is 0 Å². The van der Waals surface area contributed by atoms with Gasteiger partial charge in [0.05, 0.1) is 19.3 Å². The van der Waals surface area contributed by atoms with Gasteiger partial charge in [-0.25, -0.2) is 0 Å². The third-order valence-electron chi connectivity index (χ3n) is 3.85. The third kappa shape index (κ3) is 3.68. The van der Waals surface area contributed by atoms with Gasteiger partial charge >= 0.3 is 0 Å². The zero-order valence-electron chi connectivity index (χ0n) is 10.8. The minimum Gasteiger partial charge on any atom is -0.377 e. The van der Waals surface area contributed by atoms with Gasteiger partial charge in [0.15, 0.2) is 0 Å². The summed E-state index contributed by atoms with van der Waals surface area (Å²) >= 11 is 0. The van der Waals surface area contributed by atoms with Crippen molar-refractivity contribution >= 4 is 5.91 Å². The maximum absolute atomic E-state index is 12.1. The highest BCUT2D eigenvalue weighted by Crippen LogP contribution is 2.17. The molecule has 1 N–H and O–H groups in total. The molecule has 2 fully saturated rings. The van der Waals surface area contributed by atoms with Crippen LogP contribution in [0.15, 0.2) is 0 Å². The van der Waals surface area contributed by atoms with Crippen LogP contribution in [0.3, 0.4) is 0 Å². The van der Waals surface area contributed by atoms with E-state index >= 15 is 0 Å². The van der Waals surface area contributed by atoms with Gasteiger partial charge in [-0.3, -0.25) is 4.79 Å². The van der Waals surface area contributed by atoms with Gasteiger partial charge in [-0.1, -0.05) is 0 Å². The summed E-state index contributed by atoms with van der Waals surface area (Å²) in [5.41, 5.74) is 0. The van der Waals surface area contributed by atoms with Gasteiger partial charge in [0.1, 0.15) is 0 Å². The Morgan fingerprint density at radius 1 is 1.53 bits per heavy atom. The van der Waals surface area contributed by atoms with E-state index in [2.05, 4.69) is 12.2 Å². The lowest BCUT2D eigenvalue weighted by molar-refractivity contribution is -0.139. The Hall–Kier alpha value is -0.610. The van der Waals surface area contributed by atoms with E-state index in [-0.39, 0.29) is 6.04 Å². The van der Waals surface area contributed by atoms with Crippen molar-refractivity contribution in [1.29, 1.82) is 0 Å². The molecule has 98 valence electrons. The molecule has 2 heterocycles. The summed E-state index contributed by atoms with van der Waals surface area (Å²) in [6.07, 6.45) is 4.28. The number of amides is 1. The predicted octanol–water partition coefficient (Wildman–Crippen LogP) is 1.01. The van der Waals surface area contributed by atoms with Crippen LogP contribution < -0.4 is 5.32 Å². The number of nitrogens with zero attached hydrogens (tertiary/aromatic N) is 1. The van der Waals surface area contributed by atoms with Crippen molar-refractivity contribution in [2.45, 2.75) is 38.6 Å². The molecule has 1 amide bonds. The number of nitrogens with one attached hydrogen (secondary N) is 1. The summed E-state index contributed by atoms with van der Waals surface area (Å²) in [5, 5.41) is 3.40. The molecule has 2 saturated heterocycles. The predicted molar refractivity (Wildman–Crippen MR) is 66.8 cm³/mol. The lowest BCUT2D eigenvalue weighted by atomic mass is 9.94. The Labute approximate surface area is 104 Å². The molecule has 0 aromatic heterocycles. The minimum atomic E-state index is 0.251.